The van der Waals surface area contributed by atoms with Gasteiger partial charge in [0.1, 0.15) is 11.6 Å². The van der Waals surface area contributed by atoms with Crippen molar-refractivity contribution < 1.29 is 9.53 Å². The molecule has 1 unspecified atom stereocenters. The third kappa shape index (κ3) is 3.34. The number of halogens is 3. The average molecular weight is 504 g/mol. The minimum absolute atomic E-state index is 0.425. The number of carbonyl (C=O) groups is 1. The highest BCUT2D eigenvalue weighted by Crippen LogP contribution is 2.37. The van der Waals surface area contributed by atoms with Gasteiger partial charge in [0.05, 0.1) is 14.5 Å². The maximum Gasteiger partial charge on any atom is 0.336 e. The molecule has 3 rings (SSSR count). The molecule has 0 spiro atoms. The van der Waals surface area contributed by atoms with Gasteiger partial charge in [-0.25, -0.2) is 9.48 Å². The van der Waals surface area contributed by atoms with Gasteiger partial charge in [0.25, 0.3) is 0 Å². The van der Waals surface area contributed by atoms with E-state index in [1.165, 1.54) is 0 Å². The van der Waals surface area contributed by atoms with Crippen LogP contribution in [-0.2, 0) is 4.79 Å². The van der Waals surface area contributed by atoms with Gasteiger partial charge in [-0.15, -0.1) is 5.10 Å². The van der Waals surface area contributed by atoms with Gasteiger partial charge < -0.3 is 4.74 Å². The second-order valence-electron chi connectivity index (χ2n) is 4.82. The normalized spacial score (nSPS) is 12.3. The molecular formula is C15H10Br3N3O2. The highest BCUT2D eigenvalue weighted by molar-refractivity contribution is 9.11. The second-order valence-corrected chi connectivity index (χ2v) is 7.44. The van der Waals surface area contributed by atoms with Crippen molar-refractivity contribution in [3.05, 3.63) is 49.8 Å². The topological polar surface area (TPSA) is 57.0 Å². The number of para-hydroxylation sites is 1. The van der Waals surface area contributed by atoms with Crippen LogP contribution >= 0.6 is 47.8 Å². The quantitative estimate of drug-likeness (QED) is 0.377. The summed E-state index contributed by atoms with van der Waals surface area (Å²) in [7, 11) is 0. The molecule has 0 aliphatic carbocycles. The monoisotopic (exact) mass is 501 g/mol. The van der Waals surface area contributed by atoms with Crippen molar-refractivity contribution in [2.24, 2.45) is 0 Å². The molecular weight excluding hydrogens is 494 g/mol. The molecule has 1 atom stereocenters. The maximum atomic E-state index is 12.5. The molecule has 0 aliphatic rings. The standard InChI is InChI=1S/C15H10Br3N3O2/c1-8(21-13-5-3-2-4-12(13)19-20-21)15(22)23-14-10(17)6-9(16)7-11(14)18/h2-8H,1H3. The Morgan fingerprint density at radius 2 is 1.83 bits per heavy atom. The van der Waals surface area contributed by atoms with Gasteiger partial charge in [-0.2, -0.15) is 0 Å². The van der Waals surface area contributed by atoms with Crippen LogP contribution in [0.1, 0.15) is 13.0 Å². The van der Waals surface area contributed by atoms with Crippen LogP contribution in [0.2, 0.25) is 0 Å². The van der Waals surface area contributed by atoms with E-state index in [1.807, 2.05) is 36.4 Å². The number of hydrogen-bond acceptors (Lipinski definition) is 4. The Labute approximate surface area is 157 Å². The number of rotatable bonds is 3. The first kappa shape index (κ1) is 16.6. The van der Waals surface area contributed by atoms with Crippen LogP contribution in [0.5, 0.6) is 5.75 Å². The summed E-state index contributed by atoms with van der Waals surface area (Å²) in [5, 5.41) is 8.11. The van der Waals surface area contributed by atoms with Crippen LogP contribution in [0.15, 0.2) is 49.8 Å². The summed E-state index contributed by atoms with van der Waals surface area (Å²) in [5.74, 6) is -0.00107. The van der Waals surface area contributed by atoms with Crippen molar-refractivity contribution in [3.63, 3.8) is 0 Å². The number of carbonyl (C=O) groups excluding carboxylic acids is 1. The van der Waals surface area contributed by atoms with Gasteiger partial charge in [-0.1, -0.05) is 33.3 Å². The lowest BCUT2D eigenvalue weighted by molar-refractivity contribution is -0.137. The Bertz CT molecular complexity index is 872. The lowest BCUT2D eigenvalue weighted by Crippen LogP contribution is -2.23. The summed E-state index contributed by atoms with van der Waals surface area (Å²) < 4.78 is 9.28. The van der Waals surface area contributed by atoms with Gasteiger partial charge in [-0.05, 0) is 63.0 Å². The Kier molecular flexibility index (Phi) is 4.84. The van der Waals surface area contributed by atoms with Gasteiger partial charge in [0, 0.05) is 4.47 Å². The van der Waals surface area contributed by atoms with Crippen molar-refractivity contribution in [3.8, 4) is 5.75 Å². The predicted molar refractivity (Wildman–Crippen MR) is 97.4 cm³/mol. The summed E-state index contributed by atoms with van der Waals surface area (Å²) in [6.07, 6.45) is 0. The van der Waals surface area contributed by atoms with Crippen LogP contribution in [0.3, 0.4) is 0 Å². The van der Waals surface area contributed by atoms with Crippen LogP contribution in [-0.4, -0.2) is 21.0 Å². The zero-order valence-corrected chi connectivity index (χ0v) is 16.6. The average Bonchev–Trinajstić information content (AvgIpc) is 2.93. The molecule has 5 nitrogen and oxygen atoms in total. The lowest BCUT2D eigenvalue weighted by atomic mass is 10.3. The summed E-state index contributed by atoms with van der Waals surface area (Å²) >= 11 is 10.2. The van der Waals surface area contributed by atoms with E-state index in [0.29, 0.717) is 14.7 Å². The SMILES string of the molecule is CC(C(=O)Oc1c(Br)cc(Br)cc1Br)n1nnc2ccccc21. The Hall–Kier alpha value is -1.25. The number of esters is 1. The molecule has 0 bridgehead atoms. The van der Waals surface area contributed by atoms with Crippen LogP contribution < -0.4 is 4.74 Å². The number of hydrogen-bond donors (Lipinski definition) is 0. The summed E-state index contributed by atoms with van der Waals surface area (Å²) in [4.78, 5) is 12.5. The fourth-order valence-electron chi connectivity index (χ4n) is 2.09. The first-order valence-corrected chi connectivity index (χ1v) is 9.01. The van der Waals surface area contributed by atoms with Crippen molar-refractivity contribution in [2.45, 2.75) is 13.0 Å². The molecule has 2 aromatic carbocycles. The highest BCUT2D eigenvalue weighted by atomic mass is 79.9. The van der Waals surface area contributed by atoms with Crippen molar-refractivity contribution in [1.82, 2.24) is 15.0 Å². The minimum Gasteiger partial charge on any atom is -0.423 e. The highest BCUT2D eigenvalue weighted by Gasteiger charge is 2.22. The molecule has 8 heteroatoms. The molecule has 0 aliphatic heterocycles. The molecule has 118 valence electrons. The smallest absolute Gasteiger partial charge is 0.336 e. The number of nitrogens with zero attached hydrogens (tertiary/aromatic N) is 3. The van der Waals surface area contributed by atoms with Crippen LogP contribution in [0.25, 0.3) is 11.0 Å². The van der Waals surface area contributed by atoms with Crippen LogP contribution in [0, 0.1) is 0 Å². The zero-order valence-electron chi connectivity index (χ0n) is 11.8. The van der Waals surface area contributed by atoms with Crippen molar-refractivity contribution in [1.29, 1.82) is 0 Å². The Morgan fingerprint density at radius 3 is 2.52 bits per heavy atom. The first-order valence-electron chi connectivity index (χ1n) is 6.63. The zero-order chi connectivity index (χ0) is 16.6. The molecule has 0 saturated carbocycles. The fraction of sp³-hybridized carbons (Fsp3) is 0.133. The predicted octanol–water partition coefficient (Wildman–Crippen LogP) is 4.89. The molecule has 1 aromatic heterocycles. The number of ether oxygens (including phenoxy) is 1. The van der Waals surface area contributed by atoms with Crippen LogP contribution in [0.4, 0.5) is 0 Å². The summed E-state index contributed by atoms with van der Waals surface area (Å²) in [6, 6.07) is 10.5. The third-order valence-corrected chi connectivity index (χ3v) is 4.89. The van der Waals surface area contributed by atoms with Gasteiger partial charge in [0.15, 0.2) is 5.75 Å². The molecule has 3 aromatic rings. The van der Waals surface area contributed by atoms with E-state index in [0.717, 1.165) is 15.5 Å². The van der Waals surface area contributed by atoms with E-state index in [2.05, 4.69) is 58.1 Å². The number of fused-ring (bicyclic) bond motifs is 1. The molecule has 0 amide bonds. The van der Waals surface area contributed by atoms with Gasteiger partial charge in [-0.3, -0.25) is 0 Å². The van der Waals surface area contributed by atoms with E-state index in [9.17, 15) is 4.79 Å². The Balaban J connectivity index is 1.89. The van der Waals surface area contributed by atoms with E-state index >= 15 is 0 Å². The van der Waals surface area contributed by atoms with Crippen molar-refractivity contribution >= 4 is 64.8 Å². The minimum atomic E-state index is -0.607. The fourth-order valence-corrected chi connectivity index (χ4v) is 4.51. The van der Waals surface area contributed by atoms with Crippen molar-refractivity contribution in [2.75, 3.05) is 0 Å². The summed E-state index contributed by atoms with van der Waals surface area (Å²) in [6.45, 7) is 1.73. The van der Waals surface area contributed by atoms with E-state index < -0.39 is 12.0 Å². The van der Waals surface area contributed by atoms with E-state index in [-0.39, 0.29) is 0 Å². The maximum absolute atomic E-state index is 12.5. The van der Waals surface area contributed by atoms with Gasteiger partial charge >= 0.3 is 5.97 Å². The number of benzene rings is 2. The lowest BCUT2D eigenvalue weighted by Gasteiger charge is -2.14. The summed E-state index contributed by atoms with van der Waals surface area (Å²) in [5.41, 5.74) is 1.52. The molecule has 0 saturated heterocycles. The van der Waals surface area contributed by atoms with E-state index in [4.69, 9.17) is 4.74 Å². The molecule has 0 radical (unpaired) electrons. The van der Waals surface area contributed by atoms with Gasteiger partial charge in [0.2, 0.25) is 0 Å². The molecule has 1 heterocycles. The molecule has 0 fully saturated rings. The second kappa shape index (κ2) is 6.70. The molecule has 23 heavy (non-hydrogen) atoms. The largest absolute Gasteiger partial charge is 0.423 e. The molecule has 0 N–H and O–H groups in total. The van der Waals surface area contributed by atoms with E-state index in [1.54, 1.807) is 11.6 Å². The first-order chi connectivity index (χ1) is 11.0. The third-order valence-electron chi connectivity index (χ3n) is 3.25. The number of aromatic nitrogens is 3. The Morgan fingerprint density at radius 1 is 1.17 bits per heavy atom.